The smallest absolute Gasteiger partial charge is 0.243 e. The normalized spacial score (nSPS) is 11.0. The van der Waals surface area contributed by atoms with E-state index in [-0.39, 0.29) is 16.6 Å². The molecule has 0 saturated carbocycles. The molecule has 0 aliphatic heterocycles. The van der Waals surface area contributed by atoms with Crippen molar-refractivity contribution < 1.29 is 14.4 Å². The van der Waals surface area contributed by atoms with Crippen molar-refractivity contribution in [2.45, 2.75) is 38.6 Å². The van der Waals surface area contributed by atoms with E-state index >= 15 is 0 Å². The molecule has 0 radical (unpaired) electrons. The first kappa shape index (κ1) is 23.5. The van der Waals surface area contributed by atoms with Gasteiger partial charge in [-0.2, -0.15) is 0 Å². The van der Waals surface area contributed by atoms with Gasteiger partial charge < -0.3 is 5.32 Å². The Balaban J connectivity index is 1.45. The molecule has 176 valence electrons. The Morgan fingerprint density at radius 3 is 2.82 bits per heavy atom. The van der Waals surface area contributed by atoms with Crippen LogP contribution in [-0.4, -0.2) is 36.1 Å². The SMILES string of the molecule is O=C(CCCCCCn1cc(-c2ccc3ncnc(Nc4cccc(Cl)c4F)c3c2)nn1)NO. The molecule has 0 bridgehead atoms. The van der Waals surface area contributed by atoms with Gasteiger partial charge in [0.25, 0.3) is 0 Å². The van der Waals surface area contributed by atoms with E-state index in [1.165, 1.54) is 12.4 Å². The lowest BCUT2D eigenvalue weighted by Gasteiger charge is -2.10. The number of carbonyl (C=O) groups excluding carboxylic acids is 1. The average Bonchev–Trinajstić information content (AvgIpc) is 3.33. The third-order valence-corrected chi connectivity index (χ3v) is 5.63. The maximum absolute atomic E-state index is 14.4. The van der Waals surface area contributed by atoms with Crippen molar-refractivity contribution in [2.24, 2.45) is 0 Å². The highest BCUT2D eigenvalue weighted by Gasteiger charge is 2.12. The Bertz CT molecular complexity index is 1300. The number of aryl methyl sites for hydroxylation is 1. The minimum atomic E-state index is -0.549. The zero-order chi connectivity index (χ0) is 23.9. The fraction of sp³-hybridized carbons (Fsp3) is 0.261. The number of anilines is 2. The molecule has 4 aromatic rings. The van der Waals surface area contributed by atoms with Gasteiger partial charge in [0.1, 0.15) is 17.8 Å². The molecular weight excluding hydrogens is 461 g/mol. The molecular formula is C23H23ClFN7O2. The van der Waals surface area contributed by atoms with E-state index in [0.717, 1.165) is 31.2 Å². The minimum Gasteiger partial charge on any atom is -0.337 e. The lowest BCUT2D eigenvalue weighted by atomic mass is 10.1. The third-order valence-electron chi connectivity index (χ3n) is 5.34. The average molecular weight is 484 g/mol. The third kappa shape index (κ3) is 5.64. The quantitative estimate of drug-likeness (QED) is 0.167. The van der Waals surface area contributed by atoms with Gasteiger partial charge in [-0.25, -0.2) is 19.8 Å². The molecule has 0 spiro atoms. The number of nitrogens with zero attached hydrogens (tertiary/aromatic N) is 5. The van der Waals surface area contributed by atoms with Gasteiger partial charge in [0.05, 0.1) is 22.4 Å². The number of halogens is 2. The van der Waals surface area contributed by atoms with Gasteiger partial charge in [0.2, 0.25) is 5.91 Å². The molecule has 0 fully saturated rings. The number of hydroxylamine groups is 1. The highest BCUT2D eigenvalue weighted by molar-refractivity contribution is 6.31. The van der Waals surface area contributed by atoms with E-state index in [4.69, 9.17) is 16.8 Å². The van der Waals surface area contributed by atoms with Gasteiger partial charge in [0, 0.05) is 23.9 Å². The highest BCUT2D eigenvalue weighted by Crippen LogP contribution is 2.30. The number of fused-ring (bicyclic) bond motifs is 1. The summed E-state index contributed by atoms with van der Waals surface area (Å²) in [6, 6.07) is 10.4. The van der Waals surface area contributed by atoms with Crippen molar-refractivity contribution in [3.05, 3.63) is 59.8 Å². The van der Waals surface area contributed by atoms with Crippen molar-refractivity contribution in [2.75, 3.05) is 5.32 Å². The van der Waals surface area contributed by atoms with E-state index in [1.807, 2.05) is 24.4 Å². The largest absolute Gasteiger partial charge is 0.337 e. The summed E-state index contributed by atoms with van der Waals surface area (Å²) in [6.07, 6.45) is 7.06. The molecule has 1 amide bonds. The van der Waals surface area contributed by atoms with Crippen LogP contribution >= 0.6 is 11.6 Å². The second-order valence-corrected chi connectivity index (χ2v) is 8.15. The summed E-state index contributed by atoms with van der Waals surface area (Å²) in [5.74, 6) is -0.459. The number of hydrogen-bond acceptors (Lipinski definition) is 7. The van der Waals surface area contributed by atoms with Crippen molar-refractivity contribution >= 4 is 39.9 Å². The van der Waals surface area contributed by atoms with Crippen LogP contribution in [0, 0.1) is 5.82 Å². The summed E-state index contributed by atoms with van der Waals surface area (Å²) in [5, 5.41) is 20.7. The second kappa shape index (κ2) is 11.0. The highest BCUT2D eigenvalue weighted by atomic mass is 35.5. The molecule has 4 rings (SSSR count). The Hall–Kier alpha value is -3.63. The molecule has 2 aromatic carbocycles. The summed E-state index contributed by atoms with van der Waals surface area (Å²) in [7, 11) is 0. The maximum atomic E-state index is 14.4. The van der Waals surface area contributed by atoms with Crippen molar-refractivity contribution in [3.63, 3.8) is 0 Å². The summed E-state index contributed by atoms with van der Waals surface area (Å²) < 4.78 is 16.1. The predicted molar refractivity (Wildman–Crippen MR) is 126 cm³/mol. The van der Waals surface area contributed by atoms with Crippen LogP contribution in [0.4, 0.5) is 15.9 Å². The number of amides is 1. The van der Waals surface area contributed by atoms with E-state index in [0.29, 0.717) is 35.4 Å². The molecule has 11 heteroatoms. The lowest BCUT2D eigenvalue weighted by Crippen LogP contribution is -2.17. The van der Waals surface area contributed by atoms with E-state index < -0.39 is 5.82 Å². The Kier molecular flexibility index (Phi) is 7.61. The Morgan fingerprint density at radius 2 is 1.97 bits per heavy atom. The van der Waals surface area contributed by atoms with Gasteiger partial charge in [0.15, 0.2) is 5.82 Å². The zero-order valence-corrected chi connectivity index (χ0v) is 19.0. The number of nitrogens with one attached hydrogen (secondary N) is 2. The number of hydrogen-bond donors (Lipinski definition) is 3. The summed E-state index contributed by atoms with van der Waals surface area (Å²) in [5.41, 5.74) is 4.09. The number of aromatic nitrogens is 5. The first-order valence-corrected chi connectivity index (χ1v) is 11.2. The van der Waals surface area contributed by atoms with Gasteiger partial charge >= 0.3 is 0 Å². The molecule has 0 atom stereocenters. The van der Waals surface area contributed by atoms with Crippen molar-refractivity contribution in [1.82, 2.24) is 30.4 Å². The van der Waals surface area contributed by atoms with Crippen LogP contribution in [0.25, 0.3) is 22.2 Å². The van der Waals surface area contributed by atoms with Crippen LogP contribution in [0.3, 0.4) is 0 Å². The van der Waals surface area contributed by atoms with Crippen LogP contribution in [0.2, 0.25) is 5.02 Å². The lowest BCUT2D eigenvalue weighted by molar-refractivity contribution is -0.129. The molecule has 3 N–H and O–H groups in total. The molecule has 0 aliphatic rings. The Labute approximate surface area is 199 Å². The van der Waals surface area contributed by atoms with Gasteiger partial charge in [-0.05, 0) is 37.1 Å². The fourth-order valence-electron chi connectivity index (χ4n) is 3.55. The monoisotopic (exact) mass is 483 g/mol. The Morgan fingerprint density at radius 1 is 1.12 bits per heavy atom. The second-order valence-electron chi connectivity index (χ2n) is 7.75. The first-order valence-electron chi connectivity index (χ1n) is 10.8. The van der Waals surface area contributed by atoms with Gasteiger partial charge in [-0.15, -0.1) is 5.10 Å². The molecule has 9 nitrogen and oxygen atoms in total. The topological polar surface area (TPSA) is 118 Å². The summed E-state index contributed by atoms with van der Waals surface area (Å²) in [6.45, 7) is 0.705. The van der Waals surface area contributed by atoms with Gasteiger partial charge in [-0.3, -0.25) is 14.7 Å². The van der Waals surface area contributed by atoms with Crippen molar-refractivity contribution in [3.8, 4) is 11.3 Å². The predicted octanol–water partition coefficient (Wildman–Crippen LogP) is 4.88. The van der Waals surface area contributed by atoms with Crippen LogP contribution in [0.1, 0.15) is 32.1 Å². The first-order chi connectivity index (χ1) is 16.5. The minimum absolute atomic E-state index is 0.0244. The van der Waals surface area contributed by atoms with Crippen LogP contribution in [-0.2, 0) is 11.3 Å². The van der Waals surface area contributed by atoms with Crippen LogP contribution in [0.5, 0.6) is 0 Å². The standard InChI is InChI=1S/C23H23ClFN7O2/c24-17-6-5-7-19(22(17)25)28-23-16-12-15(9-10-18(16)26-14-27-23)20-13-32(31-29-20)11-4-2-1-3-8-21(33)30-34/h5-7,9-10,12-14,34H,1-4,8,11H2,(H,30,33)(H,26,27,28). The fourth-order valence-corrected chi connectivity index (χ4v) is 3.73. The van der Waals surface area contributed by atoms with Gasteiger partial charge in [-0.1, -0.05) is 41.8 Å². The van der Waals surface area contributed by atoms with Crippen LogP contribution in [0.15, 0.2) is 48.9 Å². The van der Waals surface area contributed by atoms with E-state index in [1.54, 1.807) is 22.3 Å². The number of rotatable bonds is 10. The number of carbonyl (C=O) groups is 1. The molecule has 0 aliphatic carbocycles. The maximum Gasteiger partial charge on any atom is 0.243 e. The molecule has 2 heterocycles. The zero-order valence-electron chi connectivity index (χ0n) is 18.2. The molecule has 34 heavy (non-hydrogen) atoms. The van der Waals surface area contributed by atoms with E-state index in [9.17, 15) is 9.18 Å². The van der Waals surface area contributed by atoms with E-state index in [2.05, 4.69) is 25.6 Å². The summed E-state index contributed by atoms with van der Waals surface area (Å²) >= 11 is 5.90. The molecule has 0 saturated heterocycles. The summed E-state index contributed by atoms with van der Waals surface area (Å²) in [4.78, 5) is 19.6. The molecule has 0 unspecified atom stereocenters. The van der Waals surface area contributed by atoms with Crippen molar-refractivity contribution in [1.29, 1.82) is 0 Å². The number of benzene rings is 2. The number of unbranched alkanes of at least 4 members (excludes halogenated alkanes) is 3. The van der Waals surface area contributed by atoms with Crippen LogP contribution < -0.4 is 10.8 Å². The molecule has 2 aromatic heterocycles.